The van der Waals surface area contributed by atoms with Crippen LogP contribution in [0, 0.1) is 5.92 Å². The van der Waals surface area contributed by atoms with Gasteiger partial charge in [0.2, 0.25) is 0 Å². The van der Waals surface area contributed by atoms with E-state index in [9.17, 15) is 0 Å². The molecule has 94 valence electrons. The van der Waals surface area contributed by atoms with Crippen LogP contribution in [0.3, 0.4) is 0 Å². The molecule has 1 atom stereocenters. The van der Waals surface area contributed by atoms with Gasteiger partial charge in [-0.3, -0.25) is 0 Å². The lowest BCUT2D eigenvalue weighted by Crippen LogP contribution is -2.19. The number of benzene rings is 1. The lowest BCUT2D eigenvalue weighted by molar-refractivity contribution is 0.444. The van der Waals surface area contributed by atoms with E-state index in [1.54, 1.807) is 0 Å². The number of rotatable bonds is 2. The molecule has 0 heterocycles. The highest BCUT2D eigenvalue weighted by Gasteiger charge is 2.23. The molecule has 1 saturated carbocycles. The largest absolute Gasteiger partial charge is 0.324 e. The standard InChI is InChI=1S/C16H25N/c1-16(2,3)14-10-8-13(9-11-14)15(17)12-6-4-5-7-12/h8-12,15H,4-7,17H2,1-3H3/t15-/m0/s1. The van der Waals surface area contributed by atoms with Gasteiger partial charge in [-0.25, -0.2) is 0 Å². The summed E-state index contributed by atoms with van der Waals surface area (Å²) in [5.41, 5.74) is 9.29. The summed E-state index contributed by atoms with van der Waals surface area (Å²) in [5, 5.41) is 0. The van der Waals surface area contributed by atoms with Crippen molar-refractivity contribution in [1.82, 2.24) is 0 Å². The van der Waals surface area contributed by atoms with Crippen molar-refractivity contribution in [2.75, 3.05) is 0 Å². The predicted molar refractivity (Wildman–Crippen MR) is 74.0 cm³/mol. The highest BCUT2D eigenvalue weighted by atomic mass is 14.7. The molecule has 1 aromatic carbocycles. The Kier molecular flexibility index (Phi) is 3.58. The fraction of sp³-hybridized carbons (Fsp3) is 0.625. The molecule has 1 nitrogen and oxygen atoms in total. The summed E-state index contributed by atoms with van der Waals surface area (Å²) in [6.45, 7) is 6.75. The summed E-state index contributed by atoms with van der Waals surface area (Å²) in [6.07, 6.45) is 5.33. The van der Waals surface area contributed by atoms with Gasteiger partial charge in [0.15, 0.2) is 0 Å². The Morgan fingerprint density at radius 2 is 1.59 bits per heavy atom. The second-order valence-electron chi connectivity index (χ2n) is 6.44. The number of hydrogen-bond acceptors (Lipinski definition) is 1. The molecule has 0 spiro atoms. The van der Waals surface area contributed by atoms with Gasteiger partial charge in [0.1, 0.15) is 0 Å². The van der Waals surface area contributed by atoms with Gasteiger partial charge >= 0.3 is 0 Å². The van der Waals surface area contributed by atoms with Gasteiger partial charge in [0, 0.05) is 6.04 Å². The third-order valence-corrected chi connectivity index (χ3v) is 4.07. The predicted octanol–water partition coefficient (Wildman–Crippen LogP) is 4.17. The Hall–Kier alpha value is -0.820. The summed E-state index contributed by atoms with van der Waals surface area (Å²) < 4.78 is 0. The first-order chi connectivity index (χ1) is 7.98. The van der Waals surface area contributed by atoms with Crippen molar-refractivity contribution in [3.63, 3.8) is 0 Å². The average Bonchev–Trinajstić information content (AvgIpc) is 2.80. The van der Waals surface area contributed by atoms with Gasteiger partial charge in [0.05, 0.1) is 0 Å². The van der Waals surface area contributed by atoms with E-state index in [0.29, 0.717) is 5.92 Å². The molecule has 2 N–H and O–H groups in total. The fourth-order valence-electron chi connectivity index (χ4n) is 2.79. The van der Waals surface area contributed by atoms with Crippen LogP contribution in [-0.2, 0) is 5.41 Å². The Morgan fingerprint density at radius 3 is 2.06 bits per heavy atom. The van der Waals surface area contributed by atoms with E-state index in [1.165, 1.54) is 36.8 Å². The van der Waals surface area contributed by atoms with Gasteiger partial charge in [-0.05, 0) is 35.3 Å². The van der Waals surface area contributed by atoms with E-state index in [4.69, 9.17) is 5.73 Å². The summed E-state index contributed by atoms with van der Waals surface area (Å²) in [4.78, 5) is 0. The van der Waals surface area contributed by atoms with Crippen LogP contribution >= 0.6 is 0 Å². The molecule has 0 amide bonds. The van der Waals surface area contributed by atoms with Crippen LogP contribution in [0.2, 0.25) is 0 Å². The minimum atomic E-state index is 0.232. The molecule has 1 aromatic rings. The lowest BCUT2D eigenvalue weighted by atomic mass is 9.85. The monoisotopic (exact) mass is 231 g/mol. The van der Waals surface area contributed by atoms with Gasteiger partial charge in [-0.15, -0.1) is 0 Å². The maximum absolute atomic E-state index is 6.36. The molecule has 1 aliphatic carbocycles. The van der Waals surface area contributed by atoms with E-state index in [0.717, 1.165) is 0 Å². The molecule has 1 fully saturated rings. The topological polar surface area (TPSA) is 26.0 Å². The third-order valence-electron chi connectivity index (χ3n) is 4.07. The molecule has 0 saturated heterocycles. The molecule has 2 rings (SSSR count). The molecular weight excluding hydrogens is 206 g/mol. The first kappa shape index (κ1) is 12.6. The van der Waals surface area contributed by atoms with E-state index in [1.807, 2.05) is 0 Å². The van der Waals surface area contributed by atoms with Gasteiger partial charge in [-0.1, -0.05) is 57.9 Å². The van der Waals surface area contributed by atoms with Crippen molar-refractivity contribution in [3.8, 4) is 0 Å². The van der Waals surface area contributed by atoms with E-state index >= 15 is 0 Å². The Morgan fingerprint density at radius 1 is 1.06 bits per heavy atom. The van der Waals surface area contributed by atoms with Crippen LogP contribution in [-0.4, -0.2) is 0 Å². The lowest BCUT2D eigenvalue weighted by Gasteiger charge is -2.22. The van der Waals surface area contributed by atoms with Crippen molar-refractivity contribution in [2.45, 2.75) is 57.9 Å². The summed E-state index contributed by atoms with van der Waals surface area (Å²) >= 11 is 0. The molecule has 0 aromatic heterocycles. The fourth-order valence-corrected chi connectivity index (χ4v) is 2.79. The van der Waals surface area contributed by atoms with Crippen molar-refractivity contribution in [1.29, 1.82) is 0 Å². The van der Waals surface area contributed by atoms with E-state index < -0.39 is 0 Å². The molecule has 0 radical (unpaired) electrons. The summed E-state index contributed by atoms with van der Waals surface area (Å²) in [5.74, 6) is 0.704. The Bertz CT molecular complexity index is 352. The highest BCUT2D eigenvalue weighted by molar-refractivity contribution is 5.29. The van der Waals surface area contributed by atoms with Crippen molar-refractivity contribution >= 4 is 0 Å². The Labute approximate surface area is 105 Å². The molecule has 1 heteroatoms. The van der Waals surface area contributed by atoms with Crippen molar-refractivity contribution in [3.05, 3.63) is 35.4 Å². The molecule has 0 unspecified atom stereocenters. The molecule has 17 heavy (non-hydrogen) atoms. The van der Waals surface area contributed by atoms with Crippen LogP contribution in [0.1, 0.15) is 63.6 Å². The van der Waals surface area contributed by atoms with Crippen LogP contribution < -0.4 is 5.73 Å². The minimum absolute atomic E-state index is 0.232. The van der Waals surface area contributed by atoms with Crippen LogP contribution in [0.5, 0.6) is 0 Å². The van der Waals surface area contributed by atoms with Crippen LogP contribution in [0.4, 0.5) is 0 Å². The smallest absolute Gasteiger partial charge is 0.0323 e. The van der Waals surface area contributed by atoms with Crippen LogP contribution in [0.25, 0.3) is 0 Å². The first-order valence-electron chi connectivity index (χ1n) is 6.84. The third kappa shape index (κ3) is 2.90. The second kappa shape index (κ2) is 4.81. The number of nitrogens with two attached hydrogens (primary N) is 1. The SMILES string of the molecule is CC(C)(C)c1ccc([C@@H](N)C2CCCC2)cc1. The Balaban J connectivity index is 2.12. The van der Waals surface area contributed by atoms with Crippen molar-refractivity contribution in [2.24, 2.45) is 11.7 Å². The molecule has 0 aliphatic heterocycles. The maximum Gasteiger partial charge on any atom is 0.0323 e. The van der Waals surface area contributed by atoms with E-state index in [2.05, 4.69) is 45.0 Å². The van der Waals surface area contributed by atoms with Crippen molar-refractivity contribution < 1.29 is 0 Å². The van der Waals surface area contributed by atoms with Crippen LogP contribution in [0.15, 0.2) is 24.3 Å². The number of hydrogen-bond donors (Lipinski definition) is 1. The van der Waals surface area contributed by atoms with Gasteiger partial charge in [-0.2, -0.15) is 0 Å². The average molecular weight is 231 g/mol. The minimum Gasteiger partial charge on any atom is -0.324 e. The summed E-state index contributed by atoms with van der Waals surface area (Å²) in [6, 6.07) is 9.17. The second-order valence-corrected chi connectivity index (χ2v) is 6.44. The highest BCUT2D eigenvalue weighted by Crippen LogP contribution is 2.34. The molecule has 0 bridgehead atoms. The van der Waals surface area contributed by atoms with Gasteiger partial charge < -0.3 is 5.73 Å². The van der Waals surface area contributed by atoms with E-state index in [-0.39, 0.29) is 11.5 Å². The zero-order valence-corrected chi connectivity index (χ0v) is 11.4. The first-order valence-corrected chi connectivity index (χ1v) is 6.84. The quantitative estimate of drug-likeness (QED) is 0.812. The zero-order valence-electron chi connectivity index (χ0n) is 11.4. The zero-order chi connectivity index (χ0) is 12.5. The molecular formula is C16H25N. The summed E-state index contributed by atoms with van der Waals surface area (Å²) in [7, 11) is 0. The maximum atomic E-state index is 6.36. The van der Waals surface area contributed by atoms with Gasteiger partial charge in [0.25, 0.3) is 0 Å². The normalized spacial score (nSPS) is 19.5. The molecule has 1 aliphatic rings.